The van der Waals surface area contributed by atoms with Gasteiger partial charge in [0, 0.05) is 0 Å². The summed E-state index contributed by atoms with van der Waals surface area (Å²) in [5, 5.41) is 0. The molecule has 0 radical (unpaired) electrons. The predicted octanol–water partition coefficient (Wildman–Crippen LogP) is 3.54. The van der Waals surface area contributed by atoms with Crippen LogP contribution in [0.3, 0.4) is 0 Å². The zero-order valence-corrected chi connectivity index (χ0v) is 8.98. The molecule has 14 heavy (non-hydrogen) atoms. The number of aryl methyl sites for hydroxylation is 2. The number of alkyl halides is 2. The summed E-state index contributed by atoms with van der Waals surface area (Å²) in [6.07, 6.45) is 3.09. The maximum atomic E-state index is 12.0. The first kappa shape index (κ1) is 9.90. The van der Waals surface area contributed by atoms with Crippen LogP contribution in [0.1, 0.15) is 17.5 Å². The van der Waals surface area contributed by atoms with Crippen LogP contribution in [-0.4, -0.2) is 6.61 Å². The molecule has 0 aliphatic heterocycles. The first-order valence-corrected chi connectivity index (χ1v) is 5.22. The number of fused-ring (bicyclic) bond motifs is 1. The fourth-order valence-electron chi connectivity index (χ4n) is 1.76. The molecule has 2 rings (SSSR count). The topological polar surface area (TPSA) is 9.23 Å². The first-order valence-electron chi connectivity index (χ1n) is 4.43. The Labute approximate surface area is 89.2 Å². The highest BCUT2D eigenvalue weighted by atomic mass is 79.9. The molecule has 0 aromatic heterocycles. The van der Waals surface area contributed by atoms with Crippen molar-refractivity contribution in [2.24, 2.45) is 0 Å². The van der Waals surface area contributed by atoms with Gasteiger partial charge >= 0.3 is 6.61 Å². The van der Waals surface area contributed by atoms with Gasteiger partial charge in [0.05, 0.1) is 4.47 Å². The lowest BCUT2D eigenvalue weighted by atomic mass is 10.1. The van der Waals surface area contributed by atoms with Gasteiger partial charge in [-0.3, -0.25) is 0 Å². The molecule has 1 aliphatic rings. The molecular formula is C10H9BrF2O. The Morgan fingerprint density at radius 3 is 2.50 bits per heavy atom. The number of halogens is 3. The minimum atomic E-state index is -2.76. The van der Waals surface area contributed by atoms with E-state index in [9.17, 15) is 8.78 Å². The average Bonchev–Trinajstić information content (AvgIpc) is 2.51. The van der Waals surface area contributed by atoms with E-state index in [0.717, 1.165) is 24.8 Å². The van der Waals surface area contributed by atoms with Gasteiger partial charge in [0.2, 0.25) is 0 Å². The Morgan fingerprint density at radius 2 is 1.86 bits per heavy atom. The van der Waals surface area contributed by atoms with E-state index in [-0.39, 0.29) is 5.75 Å². The number of hydrogen-bond acceptors (Lipinski definition) is 1. The molecule has 1 aliphatic carbocycles. The average molecular weight is 263 g/mol. The predicted molar refractivity (Wildman–Crippen MR) is 52.8 cm³/mol. The Bertz CT molecular complexity index is 352. The van der Waals surface area contributed by atoms with Gasteiger partial charge in [0.15, 0.2) is 0 Å². The summed E-state index contributed by atoms with van der Waals surface area (Å²) >= 11 is 3.22. The number of hydrogen-bond donors (Lipinski definition) is 0. The molecule has 1 aromatic carbocycles. The van der Waals surface area contributed by atoms with Crippen molar-refractivity contribution in [2.75, 3.05) is 0 Å². The van der Waals surface area contributed by atoms with Crippen LogP contribution >= 0.6 is 15.9 Å². The van der Waals surface area contributed by atoms with E-state index in [4.69, 9.17) is 0 Å². The summed E-state index contributed by atoms with van der Waals surface area (Å²) in [5.74, 6) is 0.237. The number of benzene rings is 1. The van der Waals surface area contributed by atoms with E-state index in [2.05, 4.69) is 20.7 Å². The highest BCUT2D eigenvalue weighted by Crippen LogP contribution is 2.33. The summed E-state index contributed by atoms with van der Waals surface area (Å²) in [6, 6.07) is 3.58. The van der Waals surface area contributed by atoms with Gasteiger partial charge in [-0.25, -0.2) is 0 Å². The zero-order valence-electron chi connectivity index (χ0n) is 7.40. The molecule has 0 unspecified atom stereocenters. The fraction of sp³-hybridized carbons (Fsp3) is 0.400. The minimum absolute atomic E-state index is 0.237. The molecule has 0 spiro atoms. The van der Waals surface area contributed by atoms with Crippen molar-refractivity contribution in [2.45, 2.75) is 25.9 Å². The van der Waals surface area contributed by atoms with Crippen LogP contribution < -0.4 is 4.74 Å². The summed E-state index contributed by atoms with van der Waals surface area (Å²) < 4.78 is 29.0. The molecule has 0 bridgehead atoms. The minimum Gasteiger partial charge on any atom is -0.434 e. The van der Waals surface area contributed by atoms with E-state index in [1.807, 2.05) is 6.07 Å². The third-order valence-corrected chi connectivity index (χ3v) is 2.98. The molecule has 1 nitrogen and oxygen atoms in total. The van der Waals surface area contributed by atoms with Crippen LogP contribution in [0, 0.1) is 0 Å². The normalized spacial score (nSPS) is 14.6. The van der Waals surface area contributed by atoms with Crippen LogP contribution in [-0.2, 0) is 12.8 Å². The largest absolute Gasteiger partial charge is 0.434 e. The zero-order chi connectivity index (χ0) is 10.1. The maximum absolute atomic E-state index is 12.0. The highest BCUT2D eigenvalue weighted by Gasteiger charge is 2.16. The van der Waals surface area contributed by atoms with Crippen LogP contribution in [0.5, 0.6) is 5.75 Å². The van der Waals surface area contributed by atoms with Crippen molar-refractivity contribution in [3.8, 4) is 5.75 Å². The van der Waals surface area contributed by atoms with Crippen molar-refractivity contribution in [1.82, 2.24) is 0 Å². The summed E-state index contributed by atoms with van der Waals surface area (Å²) in [7, 11) is 0. The molecule has 0 fully saturated rings. The molecular weight excluding hydrogens is 254 g/mol. The van der Waals surface area contributed by atoms with Crippen molar-refractivity contribution < 1.29 is 13.5 Å². The van der Waals surface area contributed by atoms with Crippen LogP contribution in [0.2, 0.25) is 0 Å². The van der Waals surface area contributed by atoms with Crippen LogP contribution in [0.4, 0.5) is 8.78 Å². The first-order chi connectivity index (χ1) is 6.66. The summed E-state index contributed by atoms with van der Waals surface area (Å²) in [5.41, 5.74) is 2.36. The monoisotopic (exact) mass is 262 g/mol. The lowest BCUT2D eigenvalue weighted by Gasteiger charge is -2.09. The molecule has 1 aromatic rings. The molecule has 0 amide bonds. The van der Waals surface area contributed by atoms with Gasteiger partial charge in [-0.05, 0) is 58.5 Å². The third kappa shape index (κ3) is 1.90. The van der Waals surface area contributed by atoms with Crippen molar-refractivity contribution in [1.29, 1.82) is 0 Å². The Kier molecular flexibility index (Phi) is 2.72. The summed E-state index contributed by atoms with van der Waals surface area (Å²) in [4.78, 5) is 0. The second-order valence-electron chi connectivity index (χ2n) is 3.28. The Balaban J connectivity index is 2.32. The molecule has 0 heterocycles. The number of ether oxygens (including phenoxy) is 1. The van der Waals surface area contributed by atoms with E-state index in [1.165, 1.54) is 5.56 Å². The smallest absolute Gasteiger partial charge is 0.387 e. The second kappa shape index (κ2) is 3.85. The van der Waals surface area contributed by atoms with Crippen molar-refractivity contribution >= 4 is 15.9 Å². The quantitative estimate of drug-likeness (QED) is 0.793. The van der Waals surface area contributed by atoms with Crippen molar-refractivity contribution in [3.05, 3.63) is 27.7 Å². The van der Waals surface area contributed by atoms with Gasteiger partial charge < -0.3 is 4.74 Å². The van der Waals surface area contributed by atoms with Gasteiger partial charge in [-0.15, -0.1) is 0 Å². The summed E-state index contributed by atoms with van der Waals surface area (Å²) in [6.45, 7) is -2.76. The van der Waals surface area contributed by atoms with Gasteiger partial charge in [0.25, 0.3) is 0 Å². The molecule has 76 valence electrons. The van der Waals surface area contributed by atoms with E-state index < -0.39 is 6.61 Å². The van der Waals surface area contributed by atoms with E-state index >= 15 is 0 Å². The molecule has 4 heteroatoms. The number of rotatable bonds is 2. The van der Waals surface area contributed by atoms with Gasteiger partial charge in [-0.1, -0.05) is 0 Å². The SMILES string of the molecule is FC(F)Oc1cc2c(cc1Br)CCC2. The van der Waals surface area contributed by atoms with Crippen LogP contribution in [0.25, 0.3) is 0 Å². The van der Waals surface area contributed by atoms with Gasteiger partial charge in [0.1, 0.15) is 5.75 Å². The van der Waals surface area contributed by atoms with Crippen LogP contribution in [0.15, 0.2) is 16.6 Å². The molecule has 0 saturated carbocycles. The molecule has 0 saturated heterocycles. The van der Waals surface area contributed by atoms with E-state index in [1.54, 1.807) is 6.07 Å². The third-order valence-electron chi connectivity index (χ3n) is 2.36. The molecule has 0 N–H and O–H groups in total. The van der Waals surface area contributed by atoms with E-state index in [0.29, 0.717) is 4.47 Å². The molecule has 0 atom stereocenters. The standard InChI is InChI=1S/C10H9BrF2O/c11-8-4-6-2-1-3-7(6)5-9(8)14-10(12)13/h4-5,10H,1-3H2. The lowest BCUT2D eigenvalue weighted by molar-refractivity contribution is -0.0503. The second-order valence-corrected chi connectivity index (χ2v) is 4.14. The lowest BCUT2D eigenvalue weighted by Crippen LogP contribution is -2.03. The maximum Gasteiger partial charge on any atom is 0.387 e. The Morgan fingerprint density at radius 1 is 1.21 bits per heavy atom. The van der Waals surface area contributed by atoms with Crippen molar-refractivity contribution in [3.63, 3.8) is 0 Å². The highest BCUT2D eigenvalue weighted by molar-refractivity contribution is 9.10. The Hall–Kier alpha value is -0.640. The van der Waals surface area contributed by atoms with Gasteiger partial charge in [-0.2, -0.15) is 8.78 Å². The fourth-order valence-corrected chi connectivity index (χ4v) is 2.24.